The van der Waals surface area contributed by atoms with Gasteiger partial charge in [0.25, 0.3) is 0 Å². The van der Waals surface area contributed by atoms with Gasteiger partial charge < -0.3 is 15.2 Å². The molecule has 0 fully saturated rings. The molecule has 2 aromatic carbocycles. The van der Waals surface area contributed by atoms with Crippen LogP contribution in [0.15, 0.2) is 40.9 Å². The molecular weight excluding hydrogens is 337 g/mol. The summed E-state index contributed by atoms with van der Waals surface area (Å²) in [6.45, 7) is 2.12. The maximum absolute atomic E-state index is 13.5. The normalized spacial score (nSPS) is 12.0. The molecule has 0 bridgehead atoms. The Morgan fingerprint density at radius 2 is 2.05 bits per heavy atom. The standard InChI is InChI=1S/C16H17BrFNO2/c1-10(19)13-7-6-12(20-2)8-15(13)21-9-11-4-3-5-14(18)16(11)17/h3-8,10H,9,19H2,1-2H3/t10-/m0/s1. The van der Waals surface area contributed by atoms with Crippen molar-refractivity contribution in [2.45, 2.75) is 19.6 Å². The molecule has 0 saturated carbocycles. The smallest absolute Gasteiger partial charge is 0.137 e. The lowest BCUT2D eigenvalue weighted by molar-refractivity contribution is 0.297. The van der Waals surface area contributed by atoms with Gasteiger partial charge in [-0.3, -0.25) is 0 Å². The van der Waals surface area contributed by atoms with E-state index in [0.717, 1.165) is 11.1 Å². The van der Waals surface area contributed by atoms with Crippen LogP contribution < -0.4 is 15.2 Å². The van der Waals surface area contributed by atoms with E-state index in [0.29, 0.717) is 16.0 Å². The van der Waals surface area contributed by atoms with Gasteiger partial charge in [-0.25, -0.2) is 4.39 Å². The minimum atomic E-state index is -0.311. The Morgan fingerprint density at radius 3 is 2.71 bits per heavy atom. The molecule has 0 radical (unpaired) electrons. The highest BCUT2D eigenvalue weighted by atomic mass is 79.9. The molecule has 5 heteroatoms. The Labute approximate surface area is 132 Å². The van der Waals surface area contributed by atoms with Crippen molar-refractivity contribution in [3.05, 3.63) is 57.8 Å². The van der Waals surface area contributed by atoms with Crippen LogP contribution in [0.1, 0.15) is 24.1 Å². The number of nitrogens with two attached hydrogens (primary N) is 1. The number of ether oxygens (including phenoxy) is 2. The molecule has 112 valence electrons. The first-order valence-corrected chi connectivity index (χ1v) is 7.31. The van der Waals surface area contributed by atoms with Crippen molar-refractivity contribution in [3.8, 4) is 11.5 Å². The predicted molar refractivity (Wildman–Crippen MR) is 84.0 cm³/mol. The van der Waals surface area contributed by atoms with E-state index in [1.165, 1.54) is 6.07 Å². The zero-order valence-electron chi connectivity index (χ0n) is 11.9. The summed E-state index contributed by atoms with van der Waals surface area (Å²) in [5.74, 6) is 1.02. The van der Waals surface area contributed by atoms with E-state index in [4.69, 9.17) is 15.2 Å². The van der Waals surface area contributed by atoms with Crippen molar-refractivity contribution in [1.29, 1.82) is 0 Å². The van der Waals surface area contributed by atoms with Crippen molar-refractivity contribution in [2.75, 3.05) is 7.11 Å². The van der Waals surface area contributed by atoms with E-state index in [1.54, 1.807) is 25.3 Å². The van der Waals surface area contributed by atoms with Crippen molar-refractivity contribution < 1.29 is 13.9 Å². The molecule has 0 aliphatic carbocycles. The van der Waals surface area contributed by atoms with Crippen LogP contribution in [0, 0.1) is 5.82 Å². The summed E-state index contributed by atoms with van der Waals surface area (Å²) in [6, 6.07) is 10.2. The molecule has 0 aromatic heterocycles. The lowest BCUT2D eigenvalue weighted by Gasteiger charge is -2.16. The topological polar surface area (TPSA) is 44.5 Å². The van der Waals surface area contributed by atoms with Crippen molar-refractivity contribution in [1.82, 2.24) is 0 Å². The number of halogens is 2. The fraction of sp³-hybridized carbons (Fsp3) is 0.250. The Balaban J connectivity index is 2.24. The zero-order valence-corrected chi connectivity index (χ0v) is 13.5. The minimum Gasteiger partial charge on any atom is -0.497 e. The maximum Gasteiger partial charge on any atom is 0.137 e. The van der Waals surface area contributed by atoms with Crippen LogP contribution in [-0.2, 0) is 6.61 Å². The summed E-state index contributed by atoms with van der Waals surface area (Å²) in [7, 11) is 1.59. The third kappa shape index (κ3) is 3.74. The number of methoxy groups -OCH3 is 1. The molecule has 2 rings (SSSR count). The van der Waals surface area contributed by atoms with Crippen LogP contribution in [0.4, 0.5) is 4.39 Å². The molecule has 0 unspecified atom stereocenters. The third-order valence-electron chi connectivity index (χ3n) is 3.13. The van der Waals surface area contributed by atoms with Gasteiger partial charge in [-0.1, -0.05) is 18.2 Å². The van der Waals surface area contributed by atoms with E-state index in [1.807, 2.05) is 19.1 Å². The van der Waals surface area contributed by atoms with Gasteiger partial charge in [0, 0.05) is 23.2 Å². The van der Waals surface area contributed by atoms with E-state index in [9.17, 15) is 4.39 Å². The summed E-state index contributed by atoms with van der Waals surface area (Å²) in [4.78, 5) is 0. The van der Waals surface area contributed by atoms with Gasteiger partial charge in [0.05, 0.1) is 11.6 Å². The lowest BCUT2D eigenvalue weighted by atomic mass is 10.1. The summed E-state index contributed by atoms with van der Waals surface area (Å²) >= 11 is 3.22. The first kappa shape index (κ1) is 15.8. The largest absolute Gasteiger partial charge is 0.497 e. The van der Waals surface area contributed by atoms with Gasteiger partial charge in [0.15, 0.2) is 0 Å². The van der Waals surface area contributed by atoms with E-state index in [-0.39, 0.29) is 18.5 Å². The molecule has 2 N–H and O–H groups in total. The molecular formula is C16H17BrFNO2. The highest BCUT2D eigenvalue weighted by Crippen LogP contribution is 2.30. The number of hydrogen-bond acceptors (Lipinski definition) is 3. The van der Waals surface area contributed by atoms with Crippen molar-refractivity contribution in [2.24, 2.45) is 5.73 Å². The van der Waals surface area contributed by atoms with Crippen LogP contribution >= 0.6 is 15.9 Å². The van der Waals surface area contributed by atoms with E-state index < -0.39 is 0 Å². The van der Waals surface area contributed by atoms with Crippen LogP contribution in [0.25, 0.3) is 0 Å². The molecule has 3 nitrogen and oxygen atoms in total. The minimum absolute atomic E-state index is 0.165. The van der Waals surface area contributed by atoms with Gasteiger partial charge in [0.2, 0.25) is 0 Å². The highest BCUT2D eigenvalue weighted by molar-refractivity contribution is 9.10. The lowest BCUT2D eigenvalue weighted by Crippen LogP contribution is -2.08. The molecule has 0 heterocycles. The molecule has 21 heavy (non-hydrogen) atoms. The Bertz CT molecular complexity index is 632. The molecule has 0 aliphatic rings. The van der Waals surface area contributed by atoms with Crippen LogP contribution in [0.3, 0.4) is 0 Å². The van der Waals surface area contributed by atoms with Crippen molar-refractivity contribution >= 4 is 15.9 Å². The summed E-state index contributed by atoms with van der Waals surface area (Å²) in [5.41, 5.74) is 7.55. The average Bonchev–Trinajstić information content (AvgIpc) is 2.48. The number of hydrogen-bond donors (Lipinski definition) is 1. The Morgan fingerprint density at radius 1 is 1.29 bits per heavy atom. The van der Waals surface area contributed by atoms with Gasteiger partial charge in [-0.15, -0.1) is 0 Å². The molecule has 2 aromatic rings. The Hall–Kier alpha value is -1.59. The predicted octanol–water partition coefficient (Wildman–Crippen LogP) is 4.20. The van der Waals surface area contributed by atoms with Crippen LogP contribution in [0.5, 0.6) is 11.5 Å². The van der Waals surface area contributed by atoms with E-state index in [2.05, 4.69) is 15.9 Å². The van der Waals surface area contributed by atoms with Gasteiger partial charge in [-0.2, -0.15) is 0 Å². The third-order valence-corrected chi connectivity index (χ3v) is 4.01. The molecule has 0 amide bonds. The van der Waals surface area contributed by atoms with Crippen LogP contribution in [0.2, 0.25) is 0 Å². The van der Waals surface area contributed by atoms with Crippen LogP contribution in [-0.4, -0.2) is 7.11 Å². The monoisotopic (exact) mass is 353 g/mol. The van der Waals surface area contributed by atoms with E-state index >= 15 is 0 Å². The van der Waals surface area contributed by atoms with Gasteiger partial charge >= 0.3 is 0 Å². The second-order valence-corrected chi connectivity index (χ2v) is 5.49. The average molecular weight is 354 g/mol. The number of rotatable bonds is 5. The summed E-state index contributed by atoms with van der Waals surface area (Å²) in [5, 5.41) is 0. The second-order valence-electron chi connectivity index (χ2n) is 4.69. The first-order chi connectivity index (χ1) is 10.0. The maximum atomic E-state index is 13.5. The molecule has 1 atom stereocenters. The number of benzene rings is 2. The van der Waals surface area contributed by atoms with Crippen molar-refractivity contribution in [3.63, 3.8) is 0 Å². The first-order valence-electron chi connectivity index (χ1n) is 6.52. The summed E-state index contributed by atoms with van der Waals surface area (Å²) < 4.78 is 24.9. The fourth-order valence-electron chi connectivity index (χ4n) is 1.96. The molecule has 0 spiro atoms. The van der Waals surface area contributed by atoms with Gasteiger partial charge in [0.1, 0.15) is 23.9 Å². The quantitative estimate of drug-likeness (QED) is 0.876. The fourth-order valence-corrected chi connectivity index (χ4v) is 2.34. The Kier molecular flexibility index (Phi) is 5.20. The molecule has 0 saturated heterocycles. The highest BCUT2D eigenvalue weighted by Gasteiger charge is 2.11. The second kappa shape index (κ2) is 6.91. The zero-order chi connectivity index (χ0) is 15.4. The summed E-state index contributed by atoms with van der Waals surface area (Å²) in [6.07, 6.45) is 0. The molecule has 0 aliphatic heterocycles. The SMILES string of the molecule is COc1ccc([C@H](C)N)c(OCc2cccc(F)c2Br)c1. The van der Waals surface area contributed by atoms with Gasteiger partial charge in [-0.05, 0) is 35.0 Å².